The molecular weight excluding hydrogens is 216 g/mol. The minimum absolute atomic E-state index is 0.111. The van der Waals surface area contributed by atoms with Crippen LogP contribution in [0.1, 0.15) is 61.8 Å². The maximum Gasteiger partial charge on any atom is 0.0609 e. The molecule has 0 bridgehead atoms. The minimum Gasteiger partial charge on any atom is -0.392 e. The summed E-state index contributed by atoms with van der Waals surface area (Å²) < 4.78 is 0. The average Bonchev–Trinajstić information content (AvgIpc) is 2.76. The van der Waals surface area contributed by atoms with Gasteiger partial charge in [0.15, 0.2) is 0 Å². The van der Waals surface area contributed by atoms with Gasteiger partial charge in [0.25, 0.3) is 0 Å². The second-order valence-corrected chi connectivity index (χ2v) is 5.86. The molecule has 2 unspecified atom stereocenters. The third kappa shape index (κ3) is 2.67. The summed E-state index contributed by atoms with van der Waals surface area (Å²) in [6, 6.07) is 2.23. The third-order valence-corrected chi connectivity index (χ3v) is 4.66. The summed E-state index contributed by atoms with van der Waals surface area (Å²) in [6.45, 7) is 2.21. The van der Waals surface area contributed by atoms with Gasteiger partial charge < -0.3 is 5.11 Å². The summed E-state index contributed by atoms with van der Waals surface area (Å²) in [6.07, 6.45) is 8.19. The van der Waals surface area contributed by atoms with E-state index >= 15 is 0 Å². The highest BCUT2D eigenvalue weighted by atomic mass is 32.1. The maximum absolute atomic E-state index is 10.3. The highest BCUT2D eigenvalue weighted by Gasteiger charge is 2.26. The first-order valence-electron chi connectivity index (χ1n) is 6.57. The van der Waals surface area contributed by atoms with E-state index in [-0.39, 0.29) is 6.10 Å². The van der Waals surface area contributed by atoms with Crippen LogP contribution in [0.3, 0.4) is 0 Å². The van der Waals surface area contributed by atoms with Crippen molar-refractivity contribution in [2.75, 3.05) is 0 Å². The van der Waals surface area contributed by atoms with Crippen LogP contribution in [-0.4, -0.2) is 11.2 Å². The van der Waals surface area contributed by atoms with Gasteiger partial charge in [-0.15, -0.1) is 11.3 Å². The SMILES string of the molecule is CCCCCC(O)C1CCCc2sccc21. The van der Waals surface area contributed by atoms with E-state index in [0.29, 0.717) is 5.92 Å². The molecule has 0 amide bonds. The lowest BCUT2D eigenvalue weighted by Crippen LogP contribution is -2.21. The van der Waals surface area contributed by atoms with Crippen molar-refractivity contribution < 1.29 is 5.11 Å². The van der Waals surface area contributed by atoms with E-state index in [1.54, 1.807) is 0 Å². The van der Waals surface area contributed by atoms with Gasteiger partial charge in [-0.2, -0.15) is 0 Å². The number of rotatable bonds is 5. The molecule has 0 aromatic carbocycles. The first-order valence-corrected chi connectivity index (χ1v) is 7.45. The Morgan fingerprint density at radius 2 is 2.38 bits per heavy atom. The Kier molecular flexibility index (Phi) is 4.42. The first-order chi connectivity index (χ1) is 7.83. The van der Waals surface area contributed by atoms with Crippen LogP contribution in [0, 0.1) is 0 Å². The number of hydrogen-bond acceptors (Lipinski definition) is 2. The molecule has 1 N–H and O–H groups in total. The molecule has 0 fully saturated rings. The molecule has 2 heteroatoms. The summed E-state index contributed by atoms with van der Waals surface area (Å²) in [4.78, 5) is 1.52. The van der Waals surface area contributed by atoms with Gasteiger partial charge in [-0.25, -0.2) is 0 Å². The van der Waals surface area contributed by atoms with E-state index in [9.17, 15) is 5.11 Å². The summed E-state index contributed by atoms with van der Waals surface area (Å²) >= 11 is 1.86. The van der Waals surface area contributed by atoms with Crippen LogP contribution in [0.15, 0.2) is 11.4 Å². The van der Waals surface area contributed by atoms with Crippen LogP contribution in [-0.2, 0) is 6.42 Å². The number of unbranched alkanes of at least 4 members (excludes halogenated alkanes) is 2. The molecule has 1 aromatic rings. The molecule has 90 valence electrons. The molecule has 1 aliphatic carbocycles. The van der Waals surface area contributed by atoms with E-state index in [1.807, 2.05) is 11.3 Å². The Labute approximate surface area is 103 Å². The van der Waals surface area contributed by atoms with Crippen LogP contribution in [0.4, 0.5) is 0 Å². The van der Waals surface area contributed by atoms with Crippen molar-refractivity contribution in [1.29, 1.82) is 0 Å². The topological polar surface area (TPSA) is 20.2 Å². The van der Waals surface area contributed by atoms with E-state index in [0.717, 1.165) is 6.42 Å². The van der Waals surface area contributed by atoms with Gasteiger partial charge in [0, 0.05) is 10.8 Å². The molecule has 2 rings (SSSR count). The van der Waals surface area contributed by atoms with E-state index in [1.165, 1.54) is 49.0 Å². The average molecular weight is 238 g/mol. The molecule has 0 saturated heterocycles. The second-order valence-electron chi connectivity index (χ2n) is 4.86. The predicted octanol–water partition coefficient (Wildman–Crippen LogP) is 4.11. The van der Waals surface area contributed by atoms with E-state index in [4.69, 9.17) is 0 Å². The number of hydrogen-bond donors (Lipinski definition) is 1. The largest absolute Gasteiger partial charge is 0.392 e. The highest BCUT2D eigenvalue weighted by molar-refractivity contribution is 7.10. The van der Waals surface area contributed by atoms with Crippen molar-refractivity contribution in [3.63, 3.8) is 0 Å². The Balaban J connectivity index is 1.95. The lowest BCUT2D eigenvalue weighted by molar-refractivity contribution is 0.122. The summed E-state index contributed by atoms with van der Waals surface area (Å²) in [5, 5.41) is 12.5. The summed E-state index contributed by atoms with van der Waals surface area (Å²) in [7, 11) is 0. The zero-order valence-corrected chi connectivity index (χ0v) is 10.9. The van der Waals surface area contributed by atoms with E-state index < -0.39 is 0 Å². The molecule has 0 spiro atoms. The normalized spacial score (nSPS) is 21.8. The monoisotopic (exact) mass is 238 g/mol. The zero-order valence-electron chi connectivity index (χ0n) is 10.1. The van der Waals surface area contributed by atoms with Gasteiger partial charge in [0.2, 0.25) is 0 Å². The standard InChI is InChI=1S/C14H22OS/c1-2-3-4-7-13(15)11-6-5-8-14-12(11)9-10-16-14/h9-11,13,15H,2-8H2,1H3. The van der Waals surface area contributed by atoms with E-state index in [2.05, 4.69) is 18.4 Å². The Bertz CT molecular complexity index is 318. The van der Waals surface area contributed by atoms with Gasteiger partial charge in [0.05, 0.1) is 6.10 Å². The fourth-order valence-electron chi connectivity index (χ4n) is 2.73. The Hall–Kier alpha value is -0.340. The van der Waals surface area contributed by atoms with Gasteiger partial charge in [-0.1, -0.05) is 26.2 Å². The molecule has 16 heavy (non-hydrogen) atoms. The molecule has 1 aliphatic rings. The molecule has 1 aromatic heterocycles. The molecule has 0 radical (unpaired) electrons. The minimum atomic E-state index is -0.111. The number of fused-ring (bicyclic) bond motifs is 1. The molecular formula is C14H22OS. The molecule has 0 aliphatic heterocycles. The fraction of sp³-hybridized carbons (Fsp3) is 0.714. The highest BCUT2D eigenvalue weighted by Crippen LogP contribution is 2.38. The van der Waals surface area contributed by atoms with Gasteiger partial charge in [-0.05, 0) is 42.7 Å². The van der Waals surface area contributed by atoms with Gasteiger partial charge >= 0.3 is 0 Å². The van der Waals surface area contributed by atoms with Crippen LogP contribution >= 0.6 is 11.3 Å². The van der Waals surface area contributed by atoms with Crippen LogP contribution in [0.25, 0.3) is 0 Å². The number of aliphatic hydroxyl groups is 1. The molecule has 0 saturated carbocycles. The van der Waals surface area contributed by atoms with Crippen molar-refractivity contribution in [2.45, 2.75) is 63.9 Å². The second kappa shape index (κ2) is 5.83. The summed E-state index contributed by atoms with van der Waals surface area (Å²) in [5.74, 6) is 0.423. The third-order valence-electron chi connectivity index (χ3n) is 3.67. The van der Waals surface area contributed by atoms with Crippen LogP contribution < -0.4 is 0 Å². The van der Waals surface area contributed by atoms with Crippen LogP contribution in [0.5, 0.6) is 0 Å². The fourth-order valence-corrected chi connectivity index (χ4v) is 3.72. The molecule has 2 atom stereocenters. The van der Waals surface area contributed by atoms with Crippen LogP contribution in [0.2, 0.25) is 0 Å². The lowest BCUT2D eigenvalue weighted by Gasteiger charge is -2.27. The zero-order chi connectivity index (χ0) is 11.4. The van der Waals surface area contributed by atoms with Gasteiger partial charge in [0.1, 0.15) is 0 Å². The number of thiophene rings is 1. The van der Waals surface area contributed by atoms with Crippen molar-refractivity contribution in [3.8, 4) is 0 Å². The van der Waals surface area contributed by atoms with Crippen molar-refractivity contribution >= 4 is 11.3 Å². The summed E-state index contributed by atoms with van der Waals surface area (Å²) in [5.41, 5.74) is 1.44. The predicted molar refractivity (Wildman–Crippen MR) is 70.1 cm³/mol. The lowest BCUT2D eigenvalue weighted by atomic mass is 9.82. The van der Waals surface area contributed by atoms with Crippen molar-refractivity contribution in [1.82, 2.24) is 0 Å². The first kappa shape index (κ1) is 12.1. The Morgan fingerprint density at radius 3 is 3.19 bits per heavy atom. The smallest absolute Gasteiger partial charge is 0.0609 e. The Morgan fingerprint density at radius 1 is 1.50 bits per heavy atom. The quantitative estimate of drug-likeness (QED) is 0.765. The number of aliphatic hydroxyl groups excluding tert-OH is 1. The van der Waals surface area contributed by atoms with Crippen molar-refractivity contribution in [3.05, 3.63) is 21.9 Å². The van der Waals surface area contributed by atoms with Gasteiger partial charge in [-0.3, -0.25) is 0 Å². The molecule has 1 heterocycles. The van der Waals surface area contributed by atoms with Crippen molar-refractivity contribution in [2.24, 2.45) is 0 Å². The maximum atomic E-state index is 10.3. The molecule has 1 nitrogen and oxygen atoms in total. The number of aryl methyl sites for hydroxylation is 1.